The minimum Gasteiger partial charge on any atom is -0.450 e. The summed E-state index contributed by atoms with van der Waals surface area (Å²) < 4.78 is 4.64. The number of carbonyl (C=O) groups is 3. The highest BCUT2D eigenvalue weighted by Gasteiger charge is 2.16. The van der Waals surface area contributed by atoms with E-state index < -0.39 is 12.0 Å². The van der Waals surface area contributed by atoms with E-state index >= 15 is 0 Å². The molecule has 1 aromatic rings. The normalized spacial score (nSPS) is 10.3. The van der Waals surface area contributed by atoms with E-state index in [4.69, 9.17) is 0 Å². The van der Waals surface area contributed by atoms with Crippen LogP contribution in [0.15, 0.2) is 29.2 Å². The smallest absolute Gasteiger partial charge is 0.413 e. The number of benzene rings is 1. The van der Waals surface area contributed by atoms with Crippen molar-refractivity contribution in [1.82, 2.24) is 10.2 Å². The molecule has 0 spiro atoms. The van der Waals surface area contributed by atoms with Crippen molar-refractivity contribution in [2.75, 3.05) is 37.8 Å². The summed E-state index contributed by atoms with van der Waals surface area (Å²) in [7, 11) is 0. The van der Waals surface area contributed by atoms with Gasteiger partial charge in [0.25, 0.3) is 0 Å². The third-order valence-corrected chi connectivity index (χ3v) is 3.88. The summed E-state index contributed by atoms with van der Waals surface area (Å²) in [6.07, 6.45) is 1.15. The summed E-state index contributed by atoms with van der Waals surface area (Å²) in [6, 6.07) is 7.50. The Bertz CT molecular complexity index is 580. The molecule has 0 bridgehead atoms. The number of hydrogen-bond donors (Lipinski definition) is 2. The highest BCUT2D eigenvalue weighted by atomic mass is 32.2. The minimum atomic E-state index is -0.781. The average Bonchev–Trinajstić information content (AvgIpc) is 2.54. The SMILES string of the molecule is CCOC(=O)NC(=O)CN(CC)CC(=O)Nc1ccccc1SC. The molecule has 24 heavy (non-hydrogen) atoms. The second kappa shape index (κ2) is 10.7. The number of nitrogens with zero attached hydrogens (tertiary/aromatic N) is 1. The van der Waals surface area contributed by atoms with Crippen molar-refractivity contribution in [3.05, 3.63) is 24.3 Å². The van der Waals surface area contributed by atoms with Gasteiger partial charge in [-0.25, -0.2) is 4.79 Å². The highest BCUT2D eigenvalue weighted by Crippen LogP contribution is 2.24. The monoisotopic (exact) mass is 353 g/mol. The van der Waals surface area contributed by atoms with Gasteiger partial charge in [-0.1, -0.05) is 19.1 Å². The van der Waals surface area contributed by atoms with Crippen LogP contribution >= 0.6 is 11.8 Å². The molecule has 0 radical (unpaired) electrons. The lowest BCUT2D eigenvalue weighted by Gasteiger charge is -2.19. The van der Waals surface area contributed by atoms with E-state index in [9.17, 15) is 14.4 Å². The van der Waals surface area contributed by atoms with Crippen LogP contribution < -0.4 is 10.6 Å². The Kier molecular flexibility index (Phi) is 8.88. The highest BCUT2D eigenvalue weighted by molar-refractivity contribution is 7.98. The van der Waals surface area contributed by atoms with Gasteiger partial charge in [0.2, 0.25) is 11.8 Å². The number of alkyl carbamates (subject to hydrolysis) is 1. The fourth-order valence-corrected chi connectivity index (χ4v) is 2.50. The van der Waals surface area contributed by atoms with Crippen molar-refractivity contribution in [3.63, 3.8) is 0 Å². The molecule has 0 unspecified atom stereocenters. The maximum atomic E-state index is 12.2. The van der Waals surface area contributed by atoms with E-state index in [0.717, 1.165) is 10.6 Å². The third kappa shape index (κ3) is 7.01. The topological polar surface area (TPSA) is 87.7 Å². The summed E-state index contributed by atoms with van der Waals surface area (Å²) in [5.41, 5.74) is 0.738. The lowest BCUT2D eigenvalue weighted by Crippen LogP contribution is -2.43. The van der Waals surface area contributed by atoms with E-state index in [1.165, 1.54) is 0 Å². The van der Waals surface area contributed by atoms with Crippen molar-refractivity contribution in [2.24, 2.45) is 0 Å². The Morgan fingerprint density at radius 1 is 1.12 bits per heavy atom. The number of amides is 3. The number of hydrogen-bond acceptors (Lipinski definition) is 6. The molecule has 1 aromatic carbocycles. The Labute approximate surface area is 146 Å². The van der Waals surface area contributed by atoms with E-state index in [1.54, 1.807) is 23.6 Å². The second-order valence-electron chi connectivity index (χ2n) is 4.82. The Balaban J connectivity index is 2.53. The molecule has 0 saturated carbocycles. The summed E-state index contributed by atoms with van der Waals surface area (Å²) >= 11 is 1.54. The molecular formula is C16H23N3O4S. The van der Waals surface area contributed by atoms with Gasteiger partial charge in [-0.2, -0.15) is 0 Å². The second-order valence-corrected chi connectivity index (χ2v) is 5.67. The molecule has 0 aliphatic carbocycles. The van der Waals surface area contributed by atoms with Gasteiger partial charge < -0.3 is 10.1 Å². The van der Waals surface area contributed by atoms with E-state index in [0.29, 0.717) is 6.54 Å². The van der Waals surface area contributed by atoms with Gasteiger partial charge in [-0.3, -0.25) is 19.8 Å². The number of carbonyl (C=O) groups excluding carboxylic acids is 3. The third-order valence-electron chi connectivity index (χ3n) is 3.08. The molecule has 0 fully saturated rings. The lowest BCUT2D eigenvalue weighted by molar-refractivity contribution is -0.122. The van der Waals surface area contributed by atoms with Crippen LogP contribution in [-0.2, 0) is 14.3 Å². The van der Waals surface area contributed by atoms with Gasteiger partial charge in [0.05, 0.1) is 25.4 Å². The number of likely N-dealkylation sites (N-methyl/N-ethyl adjacent to an activating group) is 1. The van der Waals surface area contributed by atoms with Gasteiger partial charge in [0, 0.05) is 4.90 Å². The molecule has 1 rings (SSSR count). The molecule has 0 saturated heterocycles. The molecule has 2 N–H and O–H groups in total. The predicted molar refractivity (Wildman–Crippen MR) is 94.1 cm³/mol. The molecule has 0 atom stereocenters. The first-order chi connectivity index (χ1) is 11.5. The lowest BCUT2D eigenvalue weighted by atomic mass is 10.3. The zero-order chi connectivity index (χ0) is 17.9. The Morgan fingerprint density at radius 3 is 2.42 bits per heavy atom. The number of anilines is 1. The number of thioether (sulfide) groups is 1. The van der Waals surface area contributed by atoms with Crippen LogP contribution in [-0.4, -0.2) is 55.3 Å². The summed E-state index contributed by atoms with van der Waals surface area (Å²) in [4.78, 5) is 37.7. The molecule has 0 heterocycles. The largest absolute Gasteiger partial charge is 0.450 e. The number of ether oxygens (including phenoxy) is 1. The molecular weight excluding hydrogens is 330 g/mol. The maximum absolute atomic E-state index is 12.2. The van der Waals surface area contributed by atoms with E-state index in [-0.39, 0.29) is 25.6 Å². The fourth-order valence-electron chi connectivity index (χ4n) is 1.94. The van der Waals surface area contributed by atoms with Crippen molar-refractivity contribution < 1.29 is 19.1 Å². The van der Waals surface area contributed by atoms with Gasteiger partial charge in [0.1, 0.15) is 0 Å². The number of imide groups is 1. The first kappa shape index (κ1) is 20.0. The maximum Gasteiger partial charge on any atom is 0.413 e. The average molecular weight is 353 g/mol. The van der Waals surface area contributed by atoms with Gasteiger partial charge in [0.15, 0.2) is 0 Å². The zero-order valence-corrected chi connectivity index (χ0v) is 14.9. The number of nitrogens with one attached hydrogen (secondary N) is 2. The van der Waals surface area contributed by atoms with Gasteiger partial charge in [-0.05, 0) is 31.9 Å². The van der Waals surface area contributed by atoms with Crippen LogP contribution in [0, 0.1) is 0 Å². The van der Waals surface area contributed by atoms with Crippen LogP contribution in [0.1, 0.15) is 13.8 Å². The predicted octanol–water partition coefficient (Wildman–Crippen LogP) is 1.94. The molecule has 132 valence electrons. The Hall–Kier alpha value is -2.06. The van der Waals surface area contributed by atoms with Crippen molar-refractivity contribution in [1.29, 1.82) is 0 Å². The molecule has 3 amide bonds. The van der Waals surface area contributed by atoms with Crippen LogP contribution in [0.25, 0.3) is 0 Å². The molecule has 0 aliphatic heterocycles. The fraction of sp³-hybridized carbons (Fsp3) is 0.438. The quantitative estimate of drug-likeness (QED) is 0.695. The zero-order valence-electron chi connectivity index (χ0n) is 14.1. The van der Waals surface area contributed by atoms with Crippen LogP contribution in [0.5, 0.6) is 0 Å². The molecule has 7 nitrogen and oxygen atoms in total. The van der Waals surface area contributed by atoms with Crippen LogP contribution in [0.3, 0.4) is 0 Å². The number of para-hydroxylation sites is 1. The van der Waals surface area contributed by atoms with Crippen molar-refractivity contribution in [3.8, 4) is 0 Å². The minimum absolute atomic E-state index is 0.0511. The first-order valence-corrected chi connectivity index (χ1v) is 8.84. The van der Waals surface area contributed by atoms with Gasteiger partial charge in [-0.15, -0.1) is 11.8 Å². The van der Waals surface area contributed by atoms with Crippen molar-refractivity contribution >= 4 is 35.4 Å². The van der Waals surface area contributed by atoms with Crippen LogP contribution in [0.2, 0.25) is 0 Å². The van der Waals surface area contributed by atoms with E-state index in [1.807, 2.05) is 37.4 Å². The first-order valence-electron chi connectivity index (χ1n) is 7.61. The molecule has 8 heteroatoms. The Morgan fingerprint density at radius 2 is 1.79 bits per heavy atom. The summed E-state index contributed by atoms with van der Waals surface area (Å²) in [5, 5.41) is 4.95. The molecule has 0 aromatic heterocycles. The summed E-state index contributed by atoms with van der Waals surface area (Å²) in [5.74, 6) is -0.727. The number of rotatable bonds is 8. The molecule has 0 aliphatic rings. The van der Waals surface area contributed by atoms with E-state index in [2.05, 4.69) is 15.4 Å². The van der Waals surface area contributed by atoms with Crippen molar-refractivity contribution in [2.45, 2.75) is 18.7 Å². The van der Waals surface area contributed by atoms with Crippen LogP contribution in [0.4, 0.5) is 10.5 Å². The summed E-state index contributed by atoms with van der Waals surface area (Å²) in [6.45, 7) is 4.16. The van der Waals surface area contributed by atoms with Gasteiger partial charge >= 0.3 is 6.09 Å². The standard InChI is InChI=1S/C16H23N3O4S/c1-4-19(11-15(21)18-16(22)23-5-2)10-14(20)17-12-8-6-7-9-13(12)24-3/h6-9H,4-5,10-11H2,1-3H3,(H,17,20)(H,18,21,22).